The molecule has 3 aromatic rings. The zero-order chi connectivity index (χ0) is 20.9. The number of hydrazone groups is 1. The van der Waals surface area contributed by atoms with Gasteiger partial charge in [0.2, 0.25) is 0 Å². The molecule has 0 heterocycles. The summed E-state index contributed by atoms with van der Waals surface area (Å²) < 4.78 is 6.94. The van der Waals surface area contributed by atoms with E-state index in [1.54, 1.807) is 61.7 Å². The van der Waals surface area contributed by atoms with Crippen molar-refractivity contribution in [3.8, 4) is 5.75 Å². The van der Waals surface area contributed by atoms with Crippen molar-refractivity contribution in [1.29, 1.82) is 0 Å². The number of hydrogen-bond donors (Lipinski definition) is 2. The molecule has 0 saturated heterocycles. The van der Waals surface area contributed by atoms with E-state index in [2.05, 4.69) is 42.4 Å². The summed E-state index contributed by atoms with van der Waals surface area (Å²) in [5.74, 6) is -0.0910. The van der Waals surface area contributed by atoms with Crippen LogP contribution in [0.25, 0.3) is 0 Å². The molecule has 0 aliphatic rings. The first-order chi connectivity index (χ1) is 14.0. The van der Waals surface area contributed by atoms with E-state index in [0.29, 0.717) is 22.4 Å². The Morgan fingerprint density at radius 1 is 1.03 bits per heavy atom. The quantitative estimate of drug-likeness (QED) is 0.370. The SMILES string of the molecule is COc1c(Br)cc(Br)cc1/C=N/NC(=O)C(O)(c1ccccc1)c1ccccc1. The summed E-state index contributed by atoms with van der Waals surface area (Å²) in [6.07, 6.45) is 1.46. The lowest BCUT2D eigenvalue weighted by Gasteiger charge is -2.27. The second-order valence-electron chi connectivity index (χ2n) is 6.15. The predicted octanol–water partition coefficient (Wildman–Crippen LogP) is 4.61. The second-order valence-corrected chi connectivity index (χ2v) is 7.92. The van der Waals surface area contributed by atoms with E-state index in [1.807, 2.05) is 18.2 Å². The molecule has 0 aromatic heterocycles. The number of ether oxygens (including phenoxy) is 1. The Morgan fingerprint density at radius 2 is 1.59 bits per heavy atom. The maximum absolute atomic E-state index is 13.0. The third kappa shape index (κ3) is 4.58. The van der Waals surface area contributed by atoms with Crippen molar-refractivity contribution in [3.05, 3.63) is 98.4 Å². The fourth-order valence-corrected chi connectivity index (χ4v) is 4.34. The van der Waals surface area contributed by atoms with Crippen LogP contribution in [0, 0.1) is 0 Å². The number of carbonyl (C=O) groups is 1. The van der Waals surface area contributed by atoms with E-state index >= 15 is 0 Å². The normalized spacial score (nSPS) is 11.4. The van der Waals surface area contributed by atoms with Crippen LogP contribution in [-0.2, 0) is 10.4 Å². The van der Waals surface area contributed by atoms with Crippen LogP contribution in [0.3, 0.4) is 0 Å². The highest BCUT2D eigenvalue weighted by Crippen LogP contribution is 2.32. The smallest absolute Gasteiger partial charge is 0.281 e. The summed E-state index contributed by atoms with van der Waals surface area (Å²) in [5.41, 5.74) is 2.11. The van der Waals surface area contributed by atoms with Crippen molar-refractivity contribution in [2.24, 2.45) is 5.10 Å². The third-order valence-electron chi connectivity index (χ3n) is 4.32. The number of hydrogen-bond acceptors (Lipinski definition) is 4. The van der Waals surface area contributed by atoms with Gasteiger partial charge in [0.05, 0.1) is 17.8 Å². The summed E-state index contributed by atoms with van der Waals surface area (Å²) in [7, 11) is 1.55. The molecule has 0 radical (unpaired) electrons. The van der Waals surface area contributed by atoms with E-state index in [9.17, 15) is 9.90 Å². The number of carbonyl (C=O) groups excluding carboxylic acids is 1. The summed E-state index contributed by atoms with van der Waals surface area (Å²) >= 11 is 6.84. The lowest BCUT2D eigenvalue weighted by molar-refractivity contribution is -0.136. The molecule has 0 atom stereocenters. The van der Waals surface area contributed by atoms with Crippen LogP contribution in [0.5, 0.6) is 5.75 Å². The zero-order valence-electron chi connectivity index (χ0n) is 15.5. The van der Waals surface area contributed by atoms with E-state index in [-0.39, 0.29) is 0 Å². The highest BCUT2D eigenvalue weighted by Gasteiger charge is 2.39. The van der Waals surface area contributed by atoms with Crippen molar-refractivity contribution >= 4 is 44.0 Å². The average Bonchev–Trinajstić information content (AvgIpc) is 2.74. The molecule has 7 heteroatoms. The van der Waals surface area contributed by atoms with Crippen molar-refractivity contribution in [2.45, 2.75) is 5.60 Å². The molecule has 148 valence electrons. The van der Waals surface area contributed by atoms with Gasteiger partial charge in [0.15, 0.2) is 5.60 Å². The Morgan fingerprint density at radius 3 is 2.10 bits per heavy atom. The van der Waals surface area contributed by atoms with Gasteiger partial charge in [0.1, 0.15) is 5.75 Å². The highest BCUT2D eigenvalue weighted by atomic mass is 79.9. The molecule has 0 bridgehead atoms. The monoisotopic (exact) mass is 516 g/mol. The Bertz CT molecular complexity index is 985. The van der Waals surface area contributed by atoms with Crippen LogP contribution in [0.2, 0.25) is 0 Å². The zero-order valence-corrected chi connectivity index (χ0v) is 18.6. The first kappa shape index (κ1) is 21.2. The van der Waals surface area contributed by atoms with Crippen LogP contribution in [0.15, 0.2) is 86.8 Å². The van der Waals surface area contributed by atoms with Gasteiger partial charge in [-0.1, -0.05) is 76.6 Å². The van der Waals surface area contributed by atoms with E-state index in [4.69, 9.17) is 4.74 Å². The van der Waals surface area contributed by atoms with E-state index < -0.39 is 11.5 Å². The van der Waals surface area contributed by atoms with Gasteiger partial charge >= 0.3 is 0 Å². The number of aliphatic hydroxyl groups is 1. The number of nitrogens with one attached hydrogen (secondary N) is 1. The average molecular weight is 518 g/mol. The number of amides is 1. The summed E-state index contributed by atoms with van der Waals surface area (Å²) in [4.78, 5) is 13.0. The maximum Gasteiger partial charge on any atom is 0.281 e. The van der Waals surface area contributed by atoms with Gasteiger partial charge < -0.3 is 9.84 Å². The molecule has 0 aliphatic heterocycles. The lowest BCUT2D eigenvalue weighted by atomic mass is 9.85. The molecule has 0 spiro atoms. The Labute approximate surface area is 185 Å². The Balaban J connectivity index is 1.92. The number of benzene rings is 3. The van der Waals surface area contributed by atoms with E-state index in [1.165, 1.54) is 6.21 Å². The molecular weight excluding hydrogens is 500 g/mol. The number of methoxy groups -OCH3 is 1. The molecule has 3 rings (SSSR count). The van der Waals surface area contributed by atoms with Gasteiger partial charge in [-0.05, 0) is 39.2 Å². The maximum atomic E-state index is 13.0. The minimum atomic E-state index is -1.89. The molecule has 29 heavy (non-hydrogen) atoms. The molecule has 5 nitrogen and oxygen atoms in total. The molecule has 2 N–H and O–H groups in total. The summed E-state index contributed by atoms with van der Waals surface area (Å²) in [6.45, 7) is 0. The number of rotatable bonds is 6. The fraction of sp³-hybridized carbons (Fsp3) is 0.0909. The molecule has 0 aliphatic carbocycles. The van der Waals surface area contributed by atoms with Gasteiger partial charge in [-0.3, -0.25) is 4.79 Å². The van der Waals surface area contributed by atoms with Crippen LogP contribution in [0.1, 0.15) is 16.7 Å². The topological polar surface area (TPSA) is 70.9 Å². The Hall–Kier alpha value is -2.48. The first-order valence-corrected chi connectivity index (χ1v) is 10.3. The van der Waals surface area contributed by atoms with Crippen molar-refractivity contribution in [1.82, 2.24) is 5.43 Å². The number of nitrogens with zero attached hydrogens (tertiary/aromatic N) is 1. The predicted molar refractivity (Wildman–Crippen MR) is 120 cm³/mol. The van der Waals surface area contributed by atoms with Crippen LogP contribution in [-0.4, -0.2) is 24.3 Å². The molecule has 0 fully saturated rings. The van der Waals surface area contributed by atoms with Crippen LogP contribution in [0.4, 0.5) is 0 Å². The highest BCUT2D eigenvalue weighted by molar-refractivity contribution is 9.11. The molecular formula is C22H18Br2N2O3. The molecule has 1 amide bonds. The van der Waals surface area contributed by atoms with E-state index in [0.717, 1.165) is 8.95 Å². The molecule has 0 unspecified atom stereocenters. The summed E-state index contributed by atoms with van der Waals surface area (Å²) in [6, 6.07) is 21.2. The Kier molecular flexibility index (Phi) is 6.84. The van der Waals surface area contributed by atoms with Gasteiger partial charge in [-0.15, -0.1) is 0 Å². The molecule has 3 aromatic carbocycles. The van der Waals surface area contributed by atoms with Crippen LogP contribution < -0.4 is 10.2 Å². The van der Waals surface area contributed by atoms with Gasteiger partial charge in [-0.25, -0.2) is 5.43 Å². The minimum Gasteiger partial charge on any atom is -0.495 e. The molecule has 0 saturated carbocycles. The fourth-order valence-electron chi connectivity index (χ4n) is 2.92. The van der Waals surface area contributed by atoms with Crippen molar-refractivity contribution in [2.75, 3.05) is 7.11 Å². The number of halogens is 2. The van der Waals surface area contributed by atoms with Gasteiger partial charge in [0.25, 0.3) is 5.91 Å². The second kappa shape index (κ2) is 9.35. The first-order valence-electron chi connectivity index (χ1n) is 8.66. The summed E-state index contributed by atoms with van der Waals surface area (Å²) in [5, 5.41) is 15.4. The largest absolute Gasteiger partial charge is 0.495 e. The third-order valence-corrected chi connectivity index (χ3v) is 5.37. The minimum absolute atomic E-state index is 0.446. The van der Waals surface area contributed by atoms with Gasteiger partial charge in [0, 0.05) is 10.0 Å². The van der Waals surface area contributed by atoms with Gasteiger partial charge in [-0.2, -0.15) is 5.10 Å². The van der Waals surface area contributed by atoms with Crippen molar-refractivity contribution in [3.63, 3.8) is 0 Å². The standard InChI is InChI=1S/C22H18Br2N2O3/c1-29-20-15(12-18(23)13-19(20)24)14-25-26-21(27)22(28,16-8-4-2-5-9-16)17-10-6-3-7-11-17/h2-14,28H,1H3,(H,26,27)/b25-14+. The van der Waals surface area contributed by atoms with Crippen molar-refractivity contribution < 1.29 is 14.6 Å². The van der Waals surface area contributed by atoms with Crippen LogP contribution >= 0.6 is 31.9 Å². The lowest BCUT2D eigenvalue weighted by Crippen LogP contribution is -2.43.